The van der Waals surface area contributed by atoms with Gasteiger partial charge in [-0.1, -0.05) is 186 Å². The number of ether oxygens (including phenoxy) is 1. The molecule has 9 nitrogen and oxygen atoms in total. The molecule has 0 rings (SSSR count). The van der Waals surface area contributed by atoms with E-state index in [9.17, 15) is 19.0 Å². The van der Waals surface area contributed by atoms with Crippen LogP contribution in [0.3, 0.4) is 0 Å². The van der Waals surface area contributed by atoms with Crippen LogP contribution in [0, 0.1) is 0 Å². The molecular weight excluding hydrogens is 808 g/mol. The lowest BCUT2D eigenvalue weighted by Gasteiger charge is -2.27. The van der Waals surface area contributed by atoms with Gasteiger partial charge in [0.2, 0.25) is 5.91 Å². The second kappa shape index (κ2) is 44.1. The summed E-state index contributed by atoms with van der Waals surface area (Å²) in [4.78, 5) is 37.4. The largest absolute Gasteiger partial charge is 0.472 e. The molecule has 0 aromatic carbocycles. The Labute approximate surface area is 389 Å². The van der Waals surface area contributed by atoms with Crippen molar-refractivity contribution in [3.05, 3.63) is 36.5 Å². The predicted molar refractivity (Wildman–Crippen MR) is 268 cm³/mol. The van der Waals surface area contributed by atoms with Gasteiger partial charge in [0.1, 0.15) is 19.3 Å². The first-order valence-electron chi connectivity index (χ1n) is 26.3. The molecule has 10 heteroatoms. The van der Waals surface area contributed by atoms with Crippen molar-refractivity contribution in [2.45, 2.75) is 251 Å². The first-order valence-corrected chi connectivity index (χ1v) is 27.8. The molecule has 0 spiro atoms. The number of allylic oxidation sites excluding steroid dienone is 5. The van der Waals surface area contributed by atoms with Crippen LogP contribution in [-0.4, -0.2) is 74.3 Å². The van der Waals surface area contributed by atoms with E-state index in [0.717, 1.165) is 96.3 Å². The Morgan fingerprint density at radius 1 is 0.540 bits per heavy atom. The molecule has 0 aromatic rings. The number of likely N-dealkylation sites (N-methyl/N-ethyl adjacent to an activating group) is 1. The van der Waals surface area contributed by atoms with E-state index in [0.29, 0.717) is 17.4 Å². The molecule has 0 bridgehead atoms. The van der Waals surface area contributed by atoms with Crippen LogP contribution in [0.2, 0.25) is 0 Å². The van der Waals surface area contributed by atoms with Crippen LogP contribution in [0.4, 0.5) is 0 Å². The minimum Gasteiger partial charge on any atom is -0.456 e. The summed E-state index contributed by atoms with van der Waals surface area (Å²) in [6, 6.07) is -0.854. The Hall–Kier alpha value is -1.77. The Morgan fingerprint density at radius 3 is 1.41 bits per heavy atom. The monoisotopic (exact) mass is 910 g/mol. The van der Waals surface area contributed by atoms with Crippen molar-refractivity contribution in [2.24, 2.45) is 0 Å². The third-order valence-electron chi connectivity index (χ3n) is 11.6. The summed E-state index contributed by atoms with van der Waals surface area (Å²) in [5.74, 6) is -0.533. The second-order valence-electron chi connectivity index (χ2n) is 19.0. The SMILES string of the molecule is CCCC/C=C\CCCCCCCC(=O)OC(/C=C/CCCCCCCCCCCC)C(COP(=O)(O)OCC[N+](C)(C)C)NC(=O)CCCCC/C=C\CCCCCCCCC. The first kappa shape index (κ1) is 61.2. The quantitative estimate of drug-likeness (QED) is 0.0206. The van der Waals surface area contributed by atoms with Crippen molar-refractivity contribution in [1.82, 2.24) is 5.32 Å². The molecule has 1 amide bonds. The molecule has 3 unspecified atom stereocenters. The van der Waals surface area contributed by atoms with Crippen LogP contribution in [0.15, 0.2) is 36.5 Å². The molecule has 2 N–H and O–H groups in total. The lowest BCUT2D eigenvalue weighted by atomic mass is 10.0. The van der Waals surface area contributed by atoms with E-state index in [1.54, 1.807) is 0 Å². The van der Waals surface area contributed by atoms with Gasteiger partial charge in [-0.05, 0) is 76.7 Å². The Bertz CT molecular complexity index is 1180. The molecule has 0 aromatic heterocycles. The van der Waals surface area contributed by atoms with Crippen molar-refractivity contribution in [1.29, 1.82) is 0 Å². The second-order valence-corrected chi connectivity index (χ2v) is 20.5. The van der Waals surface area contributed by atoms with Crippen LogP contribution in [0.1, 0.15) is 239 Å². The maximum absolute atomic E-state index is 13.4. The molecule has 0 aliphatic rings. The lowest BCUT2D eigenvalue weighted by molar-refractivity contribution is -0.870. The predicted octanol–water partition coefficient (Wildman–Crippen LogP) is 15.2. The van der Waals surface area contributed by atoms with Gasteiger partial charge in [-0.25, -0.2) is 4.57 Å². The Kier molecular flexibility index (Phi) is 42.8. The van der Waals surface area contributed by atoms with Gasteiger partial charge in [0.15, 0.2) is 0 Å². The summed E-state index contributed by atoms with van der Waals surface area (Å²) in [5, 5.41) is 3.02. The molecule has 0 fully saturated rings. The molecule has 63 heavy (non-hydrogen) atoms. The number of quaternary nitrogens is 1. The standard InChI is InChI=1S/C53H101N2O7P/c1-7-10-13-16-19-22-25-27-28-31-33-36-39-42-45-52(56)54-50(49-61-63(58,59)60-48-47-55(4,5)6)51(44-41-38-35-32-30-26-23-20-17-14-11-8-2)62-53(57)46-43-40-37-34-29-24-21-18-15-12-9-3/h18,21,28,31,41,44,50-51H,7-17,19-20,22-27,29-30,32-40,42-43,45-49H2,1-6H3,(H-,54,56,58,59)/p+1/b21-18-,31-28-,44-41+. The van der Waals surface area contributed by atoms with Gasteiger partial charge in [0, 0.05) is 12.8 Å². The van der Waals surface area contributed by atoms with Crippen molar-refractivity contribution >= 4 is 19.7 Å². The van der Waals surface area contributed by atoms with E-state index in [4.69, 9.17) is 13.8 Å². The number of hydrogen-bond donors (Lipinski definition) is 2. The number of esters is 1. The zero-order valence-corrected chi connectivity index (χ0v) is 43.0. The summed E-state index contributed by atoms with van der Waals surface area (Å²) < 4.78 is 30.5. The number of rotatable bonds is 47. The number of carbonyl (C=O) groups is 2. The van der Waals surface area contributed by atoms with E-state index in [1.807, 2.05) is 33.3 Å². The van der Waals surface area contributed by atoms with Crippen molar-refractivity contribution in [3.63, 3.8) is 0 Å². The van der Waals surface area contributed by atoms with Crippen molar-refractivity contribution in [2.75, 3.05) is 40.9 Å². The van der Waals surface area contributed by atoms with Crippen LogP contribution >= 0.6 is 7.82 Å². The fraction of sp³-hybridized carbons (Fsp3) is 0.849. The molecule has 0 saturated heterocycles. The van der Waals surface area contributed by atoms with Crippen molar-refractivity contribution < 1.29 is 37.3 Å². The molecule has 0 aliphatic heterocycles. The highest BCUT2D eigenvalue weighted by molar-refractivity contribution is 7.47. The maximum Gasteiger partial charge on any atom is 0.472 e. The Balaban J connectivity index is 5.45. The highest BCUT2D eigenvalue weighted by atomic mass is 31.2. The van der Waals surface area contributed by atoms with Gasteiger partial charge in [0.05, 0.1) is 33.8 Å². The van der Waals surface area contributed by atoms with E-state index >= 15 is 0 Å². The van der Waals surface area contributed by atoms with E-state index < -0.39 is 20.0 Å². The smallest absolute Gasteiger partial charge is 0.456 e. The third kappa shape index (κ3) is 45.2. The summed E-state index contributed by atoms with van der Waals surface area (Å²) in [6.07, 6.45) is 49.9. The zero-order chi connectivity index (χ0) is 46.5. The number of carbonyl (C=O) groups excluding carboxylic acids is 2. The van der Waals surface area contributed by atoms with Gasteiger partial charge >= 0.3 is 13.8 Å². The first-order chi connectivity index (χ1) is 30.4. The minimum atomic E-state index is -4.44. The number of nitrogens with one attached hydrogen (secondary N) is 1. The Morgan fingerprint density at radius 2 is 0.937 bits per heavy atom. The number of hydrogen-bond acceptors (Lipinski definition) is 6. The number of nitrogens with zero attached hydrogens (tertiary/aromatic N) is 1. The van der Waals surface area contributed by atoms with Crippen LogP contribution in [0.5, 0.6) is 0 Å². The molecule has 0 saturated carbocycles. The third-order valence-corrected chi connectivity index (χ3v) is 12.5. The summed E-state index contributed by atoms with van der Waals surface area (Å²) in [5.41, 5.74) is 0. The lowest BCUT2D eigenvalue weighted by Crippen LogP contribution is -2.47. The van der Waals surface area contributed by atoms with Crippen LogP contribution < -0.4 is 5.32 Å². The van der Waals surface area contributed by atoms with Gasteiger partial charge in [0.25, 0.3) is 0 Å². The van der Waals surface area contributed by atoms with Gasteiger partial charge < -0.3 is 19.4 Å². The van der Waals surface area contributed by atoms with Gasteiger partial charge in [-0.3, -0.25) is 18.6 Å². The van der Waals surface area contributed by atoms with E-state index in [2.05, 4.69) is 50.4 Å². The van der Waals surface area contributed by atoms with Gasteiger partial charge in [-0.2, -0.15) is 0 Å². The molecular formula is C53H102N2O7P+. The fourth-order valence-corrected chi connectivity index (χ4v) is 8.12. The fourth-order valence-electron chi connectivity index (χ4n) is 7.38. The van der Waals surface area contributed by atoms with E-state index in [-0.39, 0.29) is 31.5 Å². The van der Waals surface area contributed by atoms with Crippen LogP contribution in [0.25, 0.3) is 0 Å². The number of phosphoric acid groups is 1. The average Bonchev–Trinajstić information content (AvgIpc) is 3.23. The molecule has 0 aliphatic carbocycles. The maximum atomic E-state index is 13.4. The molecule has 3 atom stereocenters. The molecule has 370 valence electrons. The van der Waals surface area contributed by atoms with Gasteiger partial charge in [-0.15, -0.1) is 0 Å². The van der Waals surface area contributed by atoms with E-state index in [1.165, 1.54) is 109 Å². The highest BCUT2D eigenvalue weighted by Gasteiger charge is 2.30. The summed E-state index contributed by atoms with van der Waals surface area (Å²) in [7, 11) is 1.48. The normalized spacial score (nSPS) is 14.2. The topological polar surface area (TPSA) is 111 Å². The summed E-state index contributed by atoms with van der Waals surface area (Å²) in [6.45, 7) is 6.94. The molecule has 0 radical (unpaired) electrons. The minimum absolute atomic E-state index is 0.0372. The average molecular weight is 910 g/mol. The van der Waals surface area contributed by atoms with Crippen LogP contribution in [-0.2, 0) is 27.9 Å². The highest BCUT2D eigenvalue weighted by Crippen LogP contribution is 2.43. The summed E-state index contributed by atoms with van der Waals surface area (Å²) >= 11 is 0. The zero-order valence-electron chi connectivity index (χ0n) is 42.1. The number of unbranched alkanes of at least 4 members (excludes halogenated alkanes) is 27. The van der Waals surface area contributed by atoms with Crippen molar-refractivity contribution in [3.8, 4) is 0 Å². The number of amides is 1. The molecule has 0 heterocycles. The number of phosphoric ester groups is 1.